The maximum Gasteiger partial charge on any atom is 0.225 e. The van der Waals surface area contributed by atoms with Gasteiger partial charge in [0, 0.05) is 75.1 Å². The van der Waals surface area contributed by atoms with Crippen molar-refractivity contribution >= 4 is 17.3 Å². The predicted octanol–water partition coefficient (Wildman–Crippen LogP) is 1.99. The van der Waals surface area contributed by atoms with Crippen LogP contribution < -0.4 is 15.1 Å². The monoisotopic (exact) mass is 382 g/mol. The molecule has 7 heteroatoms. The highest BCUT2D eigenvalue weighted by Gasteiger charge is 2.16. The number of nitrogens with zero attached hydrogens (tertiary/aromatic N) is 5. The molecule has 0 atom stereocenters. The number of morpholine rings is 1. The van der Waals surface area contributed by atoms with Crippen LogP contribution in [0, 0.1) is 6.92 Å². The minimum atomic E-state index is 0.719. The zero-order valence-electron chi connectivity index (χ0n) is 16.9. The number of hydrogen-bond donors (Lipinski definition) is 1. The van der Waals surface area contributed by atoms with Gasteiger partial charge in [-0.2, -0.15) is 0 Å². The average molecular weight is 383 g/mol. The summed E-state index contributed by atoms with van der Waals surface area (Å²) in [6.45, 7) is 10.4. The van der Waals surface area contributed by atoms with Gasteiger partial charge >= 0.3 is 0 Å². The quantitative estimate of drug-likeness (QED) is 0.849. The molecule has 150 valence electrons. The zero-order chi connectivity index (χ0) is 19.3. The van der Waals surface area contributed by atoms with Crippen LogP contribution in [0.4, 0.5) is 17.3 Å². The van der Waals surface area contributed by atoms with Crippen LogP contribution in [0.25, 0.3) is 0 Å². The molecule has 1 aromatic carbocycles. The van der Waals surface area contributed by atoms with Gasteiger partial charge in [-0.1, -0.05) is 6.07 Å². The molecule has 0 aliphatic carbocycles. The molecule has 0 radical (unpaired) electrons. The largest absolute Gasteiger partial charge is 0.381 e. The fourth-order valence-corrected chi connectivity index (χ4v) is 3.62. The standard InChI is InChI=1S/C21H30N6O/c1-17-3-4-19(26-9-11-28-12-10-26)13-20(17)22-14-18-15-23-21(24-16-18)27-7-5-25(2)6-8-27/h3-4,13,15-16,22H,5-12,14H2,1-2H3. The van der Waals surface area contributed by atoms with Gasteiger partial charge in [-0.15, -0.1) is 0 Å². The number of rotatable bonds is 5. The molecule has 0 bridgehead atoms. The number of aryl methyl sites for hydroxylation is 1. The molecule has 0 amide bonds. The van der Waals surface area contributed by atoms with E-state index in [1.807, 2.05) is 12.4 Å². The van der Waals surface area contributed by atoms with Crippen molar-refractivity contribution in [3.05, 3.63) is 41.7 Å². The molecule has 2 aromatic rings. The fraction of sp³-hybridized carbons (Fsp3) is 0.524. The second-order valence-corrected chi connectivity index (χ2v) is 7.63. The number of ether oxygens (including phenoxy) is 1. The Balaban J connectivity index is 1.37. The van der Waals surface area contributed by atoms with Crippen molar-refractivity contribution in [2.45, 2.75) is 13.5 Å². The first kappa shape index (κ1) is 19.0. The Kier molecular flexibility index (Phi) is 5.92. The van der Waals surface area contributed by atoms with Crippen molar-refractivity contribution < 1.29 is 4.74 Å². The summed E-state index contributed by atoms with van der Waals surface area (Å²) in [4.78, 5) is 16.1. The highest BCUT2D eigenvalue weighted by molar-refractivity contribution is 5.62. The van der Waals surface area contributed by atoms with E-state index in [4.69, 9.17) is 4.74 Å². The van der Waals surface area contributed by atoms with E-state index in [-0.39, 0.29) is 0 Å². The van der Waals surface area contributed by atoms with E-state index < -0.39 is 0 Å². The molecule has 2 saturated heterocycles. The molecular formula is C21H30N6O. The van der Waals surface area contributed by atoms with Crippen LogP contribution in [0.15, 0.2) is 30.6 Å². The number of anilines is 3. The molecule has 1 N–H and O–H groups in total. The highest BCUT2D eigenvalue weighted by Crippen LogP contribution is 2.24. The molecule has 0 saturated carbocycles. The van der Waals surface area contributed by atoms with E-state index in [9.17, 15) is 0 Å². The number of piperazine rings is 1. The van der Waals surface area contributed by atoms with E-state index in [2.05, 4.69) is 62.2 Å². The van der Waals surface area contributed by atoms with Crippen LogP contribution >= 0.6 is 0 Å². The van der Waals surface area contributed by atoms with Crippen molar-refractivity contribution in [3.8, 4) is 0 Å². The Morgan fingerprint density at radius 1 is 0.964 bits per heavy atom. The van der Waals surface area contributed by atoms with Gasteiger partial charge in [0.1, 0.15) is 0 Å². The highest BCUT2D eigenvalue weighted by atomic mass is 16.5. The topological polar surface area (TPSA) is 56.8 Å². The molecule has 2 aliphatic heterocycles. The number of nitrogens with one attached hydrogen (secondary N) is 1. The van der Waals surface area contributed by atoms with Gasteiger partial charge in [0.15, 0.2) is 0 Å². The second-order valence-electron chi connectivity index (χ2n) is 7.63. The van der Waals surface area contributed by atoms with Gasteiger partial charge in [-0.3, -0.25) is 0 Å². The Hall–Kier alpha value is -2.38. The van der Waals surface area contributed by atoms with Crippen LogP contribution in [0.2, 0.25) is 0 Å². The van der Waals surface area contributed by atoms with Crippen LogP contribution in [-0.4, -0.2) is 74.4 Å². The van der Waals surface area contributed by atoms with E-state index in [1.54, 1.807) is 0 Å². The number of benzene rings is 1. The summed E-state index contributed by atoms with van der Waals surface area (Å²) in [6, 6.07) is 6.61. The van der Waals surface area contributed by atoms with Gasteiger partial charge < -0.3 is 24.8 Å². The molecule has 0 unspecified atom stereocenters. The molecular weight excluding hydrogens is 352 g/mol. The minimum Gasteiger partial charge on any atom is -0.381 e. The Morgan fingerprint density at radius 3 is 2.39 bits per heavy atom. The lowest BCUT2D eigenvalue weighted by Crippen LogP contribution is -2.45. The third kappa shape index (κ3) is 4.54. The van der Waals surface area contributed by atoms with Crippen molar-refractivity contribution in [1.29, 1.82) is 0 Å². The third-order valence-electron chi connectivity index (χ3n) is 5.56. The van der Waals surface area contributed by atoms with E-state index in [0.717, 1.165) is 76.2 Å². The second kappa shape index (κ2) is 8.75. The van der Waals surface area contributed by atoms with Crippen LogP contribution in [0.3, 0.4) is 0 Å². The van der Waals surface area contributed by atoms with Gasteiger partial charge in [-0.25, -0.2) is 9.97 Å². The first-order valence-electron chi connectivity index (χ1n) is 10.1. The Bertz CT molecular complexity index is 767. The third-order valence-corrected chi connectivity index (χ3v) is 5.56. The fourth-order valence-electron chi connectivity index (χ4n) is 3.62. The first-order valence-corrected chi connectivity index (χ1v) is 10.1. The van der Waals surface area contributed by atoms with E-state index in [1.165, 1.54) is 11.3 Å². The smallest absolute Gasteiger partial charge is 0.225 e. The van der Waals surface area contributed by atoms with E-state index in [0.29, 0.717) is 0 Å². The molecule has 7 nitrogen and oxygen atoms in total. The minimum absolute atomic E-state index is 0.719. The lowest BCUT2D eigenvalue weighted by atomic mass is 10.1. The summed E-state index contributed by atoms with van der Waals surface area (Å²) in [5.74, 6) is 0.836. The van der Waals surface area contributed by atoms with Crippen LogP contribution in [0.1, 0.15) is 11.1 Å². The van der Waals surface area contributed by atoms with Crippen molar-refractivity contribution in [3.63, 3.8) is 0 Å². The molecule has 0 spiro atoms. The zero-order valence-corrected chi connectivity index (χ0v) is 16.9. The molecule has 3 heterocycles. The summed E-state index contributed by atoms with van der Waals surface area (Å²) in [5.41, 5.74) is 4.74. The van der Waals surface area contributed by atoms with Crippen LogP contribution in [0.5, 0.6) is 0 Å². The Labute approximate surface area is 167 Å². The predicted molar refractivity (Wildman–Crippen MR) is 113 cm³/mol. The molecule has 4 rings (SSSR count). The normalized spacial score (nSPS) is 18.4. The number of hydrogen-bond acceptors (Lipinski definition) is 7. The van der Waals surface area contributed by atoms with Crippen molar-refractivity contribution in [1.82, 2.24) is 14.9 Å². The lowest BCUT2D eigenvalue weighted by Gasteiger charge is -2.32. The summed E-state index contributed by atoms with van der Waals surface area (Å²) < 4.78 is 5.46. The summed E-state index contributed by atoms with van der Waals surface area (Å²) in [6.07, 6.45) is 3.88. The first-order chi connectivity index (χ1) is 13.7. The average Bonchev–Trinajstić information content (AvgIpc) is 2.75. The maximum absolute atomic E-state index is 5.46. The van der Waals surface area contributed by atoms with Crippen LogP contribution in [-0.2, 0) is 11.3 Å². The summed E-state index contributed by atoms with van der Waals surface area (Å²) in [5, 5.41) is 3.56. The lowest BCUT2D eigenvalue weighted by molar-refractivity contribution is 0.122. The van der Waals surface area contributed by atoms with Gasteiger partial charge in [0.2, 0.25) is 5.95 Å². The van der Waals surface area contributed by atoms with Gasteiger partial charge in [0.25, 0.3) is 0 Å². The molecule has 2 aliphatic rings. The Morgan fingerprint density at radius 2 is 1.68 bits per heavy atom. The van der Waals surface area contributed by atoms with Crippen molar-refractivity contribution in [2.24, 2.45) is 0 Å². The molecule has 1 aromatic heterocycles. The summed E-state index contributed by atoms with van der Waals surface area (Å²) >= 11 is 0. The number of aromatic nitrogens is 2. The van der Waals surface area contributed by atoms with E-state index >= 15 is 0 Å². The molecule has 2 fully saturated rings. The van der Waals surface area contributed by atoms with Gasteiger partial charge in [-0.05, 0) is 31.7 Å². The summed E-state index contributed by atoms with van der Waals surface area (Å²) in [7, 11) is 2.16. The maximum atomic E-state index is 5.46. The SMILES string of the molecule is Cc1ccc(N2CCOCC2)cc1NCc1cnc(N2CCN(C)CC2)nc1. The van der Waals surface area contributed by atoms with Gasteiger partial charge in [0.05, 0.1) is 13.2 Å². The number of likely N-dealkylation sites (N-methyl/N-ethyl adjacent to an activating group) is 1. The molecule has 28 heavy (non-hydrogen) atoms. The van der Waals surface area contributed by atoms with Crippen molar-refractivity contribution in [2.75, 3.05) is 74.6 Å².